The molecule has 0 aliphatic rings. The Bertz CT molecular complexity index is 457. The first-order chi connectivity index (χ1) is 8.82. The fourth-order valence-electron chi connectivity index (χ4n) is 1.85. The third-order valence-corrected chi connectivity index (χ3v) is 3.35. The van der Waals surface area contributed by atoms with Gasteiger partial charge in [0.05, 0.1) is 7.11 Å². The summed E-state index contributed by atoms with van der Waals surface area (Å²) in [5.41, 5.74) is -0.307. The van der Waals surface area contributed by atoms with Crippen molar-refractivity contribution in [3.05, 3.63) is 23.8 Å². The summed E-state index contributed by atoms with van der Waals surface area (Å²) in [5, 5.41) is 19.2. The molecule has 0 unspecified atom stereocenters. The van der Waals surface area contributed by atoms with Gasteiger partial charge in [-0.1, -0.05) is 13.0 Å². The Kier molecular flexibility index (Phi) is 4.78. The third-order valence-electron chi connectivity index (χ3n) is 3.35. The highest BCUT2D eigenvalue weighted by Gasteiger charge is 2.33. The van der Waals surface area contributed by atoms with Crippen LogP contribution in [0.3, 0.4) is 0 Å². The van der Waals surface area contributed by atoms with Crippen LogP contribution in [0, 0.1) is 0 Å². The highest BCUT2D eigenvalue weighted by atomic mass is 16.5. The van der Waals surface area contributed by atoms with E-state index >= 15 is 0 Å². The second kappa shape index (κ2) is 5.93. The van der Waals surface area contributed by atoms with Crippen LogP contribution in [-0.4, -0.2) is 40.3 Å². The summed E-state index contributed by atoms with van der Waals surface area (Å²) < 4.78 is 5.02. The van der Waals surface area contributed by atoms with Crippen molar-refractivity contribution < 1.29 is 19.7 Å². The van der Waals surface area contributed by atoms with Gasteiger partial charge >= 0.3 is 5.97 Å². The van der Waals surface area contributed by atoms with Crippen LogP contribution in [0.2, 0.25) is 0 Å². The van der Waals surface area contributed by atoms with E-state index in [1.165, 1.54) is 13.2 Å². The molecule has 1 aromatic rings. The molecule has 19 heavy (non-hydrogen) atoms. The zero-order valence-electron chi connectivity index (χ0n) is 11.8. The molecule has 0 aliphatic carbocycles. The molecule has 0 atom stereocenters. The molecule has 0 bridgehead atoms. The van der Waals surface area contributed by atoms with Gasteiger partial charge < -0.3 is 14.9 Å². The summed E-state index contributed by atoms with van der Waals surface area (Å²) in [6.07, 6.45) is 0. The Balaban J connectivity index is 2.96. The number of hydrogen-bond donors (Lipinski definition) is 2. The number of hydrogen-bond acceptors (Lipinski definition) is 4. The van der Waals surface area contributed by atoms with Crippen molar-refractivity contribution in [1.29, 1.82) is 0 Å². The van der Waals surface area contributed by atoms with E-state index in [1.807, 2.05) is 6.92 Å². The van der Waals surface area contributed by atoms with Gasteiger partial charge in [-0.2, -0.15) is 0 Å². The Morgan fingerprint density at radius 2 is 2.05 bits per heavy atom. The Morgan fingerprint density at radius 1 is 1.42 bits per heavy atom. The zero-order valence-corrected chi connectivity index (χ0v) is 11.8. The summed E-state index contributed by atoms with van der Waals surface area (Å²) in [6, 6.07) is 5.02. The molecule has 5 heteroatoms. The molecule has 0 heterocycles. The van der Waals surface area contributed by atoms with Crippen LogP contribution in [0.4, 0.5) is 0 Å². The van der Waals surface area contributed by atoms with E-state index < -0.39 is 11.5 Å². The van der Waals surface area contributed by atoms with Crippen molar-refractivity contribution in [3.63, 3.8) is 0 Å². The number of aliphatic carboxylic acids is 1. The van der Waals surface area contributed by atoms with Crippen molar-refractivity contribution in [3.8, 4) is 11.5 Å². The van der Waals surface area contributed by atoms with Crippen molar-refractivity contribution >= 4 is 5.97 Å². The van der Waals surface area contributed by atoms with E-state index in [-0.39, 0.29) is 5.75 Å². The van der Waals surface area contributed by atoms with Gasteiger partial charge in [0.25, 0.3) is 0 Å². The van der Waals surface area contributed by atoms with Gasteiger partial charge in [-0.05, 0) is 26.5 Å². The SMILES string of the molecule is CCN(Cc1ccc(OC)cc1O)C(C)(C)C(=O)O. The lowest BCUT2D eigenvalue weighted by Gasteiger charge is -2.34. The van der Waals surface area contributed by atoms with Gasteiger partial charge in [0.2, 0.25) is 0 Å². The number of rotatable bonds is 6. The Morgan fingerprint density at radius 3 is 2.47 bits per heavy atom. The van der Waals surface area contributed by atoms with Gasteiger partial charge in [0, 0.05) is 18.2 Å². The summed E-state index contributed by atoms with van der Waals surface area (Å²) in [6.45, 7) is 6.14. The van der Waals surface area contributed by atoms with Crippen molar-refractivity contribution in [1.82, 2.24) is 4.90 Å². The molecule has 1 aromatic carbocycles. The van der Waals surface area contributed by atoms with Gasteiger partial charge in [0.1, 0.15) is 17.0 Å². The predicted molar refractivity (Wildman–Crippen MR) is 72.5 cm³/mol. The molecule has 0 aromatic heterocycles. The standard InChI is InChI=1S/C14H21NO4/c1-5-15(14(2,3)13(17)18)9-10-6-7-11(19-4)8-12(10)16/h6-8,16H,5,9H2,1-4H3,(H,17,18). The third kappa shape index (κ3) is 3.38. The molecule has 106 valence electrons. The maximum Gasteiger partial charge on any atom is 0.323 e. The number of methoxy groups -OCH3 is 1. The highest BCUT2D eigenvalue weighted by molar-refractivity contribution is 5.77. The number of phenols is 1. The summed E-state index contributed by atoms with van der Waals surface area (Å²) in [4.78, 5) is 13.1. The Labute approximate surface area is 113 Å². The van der Waals surface area contributed by atoms with Gasteiger partial charge in [-0.15, -0.1) is 0 Å². The van der Waals surface area contributed by atoms with E-state index in [0.29, 0.717) is 24.4 Å². The van der Waals surface area contributed by atoms with Gasteiger partial charge in [-0.25, -0.2) is 0 Å². The number of benzene rings is 1. The molecule has 1 rings (SSSR count). The lowest BCUT2D eigenvalue weighted by Crippen LogP contribution is -2.49. The topological polar surface area (TPSA) is 70.0 Å². The number of likely N-dealkylation sites (N-methyl/N-ethyl adjacent to an activating group) is 1. The minimum Gasteiger partial charge on any atom is -0.507 e. The number of carboxylic acid groups (broad SMARTS) is 1. The molecule has 0 saturated heterocycles. The number of carboxylic acids is 1. The first kappa shape index (κ1) is 15.3. The second-order valence-corrected chi connectivity index (χ2v) is 4.87. The number of phenolic OH excluding ortho intramolecular Hbond substituents is 1. The number of carbonyl (C=O) groups is 1. The van der Waals surface area contributed by atoms with E-state index in [0.717, 1.165) is 0 Å². The molecule has 0 spiro atoms. The minimum atomic E-state index is -0.985. The highest BCUT2D eigenvalue weighted by Crippen LogP contribution is 2.27. The van der Waals surface area contributed by atoms with Crippen molar-refractivity contribution in [2.75, 3.05) is 13.7 Å². The van der Waals surface area contributed by atoms with Crippen LogP contribution in [0.15, 0.2) is 18.2 Å². The monoisotopic (exact) mass is 267 g/mol. The fraction of sp³-hybridized carbons (Fsp3) is 0.500. The summed E-state index contributed by atoms with van der Waals surface area (Å²) >= 11 is 0. The molecule has 0 saturated carbocycles. The lowest BCUT2D eigenvalue weighted by molar-refractivity contribution is -0.149. The van der Waals surface area contributed by atoms with Gasteiger partial charge in [-0.3, -0.25) is 9.69 Å². The molecule has 0 fully saturated rings. The van der Waals surface area contributed by atoms with Gasteiger partial charge in [0.15, 0.2) is 0 Å². The Hall–Kier alpha value is -1.75. The smallest absolute Gasteiger partial charge is 0.323 e. The molecule has 5 nitrogen and oxygen atoms in total. The largest absolute Gasteiger partial charge is 0.507 e. The average molecular weight is 267 g/mol. The van der Waals surface area contributed by atoms with E-state index in [2.05, 4.69) is 0 Å². The first-order valence-corrected chi connectivity index (χ1v) is 6.17. The quantitative estimate of drug-likeness (QED) is 0.826. The predicted octanol–water partition coefficient (Wildman–Crippen LogP) is 2.09. The zero-order chi connectivity index (χ0) is 14.6. The van der Waals surface area contributed by atoms with Crippen molar-refractivity contribution in [2.45, 2.75) is 32.9 Å². The van der Waals surface area contributed by atoms with Crippen LogP contribution in [-0.2, 0) is 11.3 Å². The van der Waals surface area contributed by atoms with Crippen molar-refractivity contribution in [2.24, 2.45) is 0 Å². The lowest BCUT2D eigenvalue weighted by atomic mass is 10.0. The number of nitrogens with zero attached hydrogens (tertiary/aromatic N) is 1. The molecule has 0 aliphatic heterocycles. The molecular formula is C14H21NO4. The molecule has 0 amide bonds. The van der Waals surface area contributed by atoms with Crippen LogP contribution in [0.5, 0.6) is 11.5 Å². The van der Waals surface area contributed by atoms with E-state index in [9.17, 15) is 15.0 Å². The van der Waals surface area contributed by atoms with Crippen LogP contribution >= 0.6 is 0 Å². The fourth-order valence-corrected chi connectivity index (χ4v) is 1.85. The van der Waals surface area contributed by atoms with Crippen LogP contribution in [0.25, 0.3) is 0 Å². The maximum absolute atomic E-state index is 11.3. The average Bonchev–Trinajstić information content (AvgIpc) is 2.36. The summed E-state index contributed by atoms with van der Waals surface area (Å²) in [7, 11) is 1.53. The first-order valence-electron chi connectivity index (χ1n) is 6.17. The normalized spacial score (nSPS) is 11.6. The molecule has 0 radical (unpaired) electrons. The van der Waals surface area contributed by atoms with Crippen LogP contribution < -0.4 is 4.74 Å². The number of ether oxygens (including phenoxy) is 1. The minimum absolute atomic E-state index is 0.110. The molecule has 2 N–H and O–H groups in total. The molecular weight excluding hydrogens is 246 g/mol. The maximum atomic E-state index is 11.3. The summed E-state index contributed by atoms with van der Waals surface area (Å²) in [5.74, 6) is -0.205. The number of aromatic hydroxyl groups is 1. The second-order valence-electron chi connectivity index (χ2n) is 4.87. The van der Waals surface area contributed by atoms with Crippen LogP contribution in [0.1, 0.15) is 26.3 Å². The van der Waals surface area contributed by atoms with E-state index in [1.54, 1.807) is 30.9 Å². The van der Waals surface area contributed by atoms with E-state index in [4.69, 9.17) is 4.74 Å².